The van der Waals surface area contributed by atoms with Gasteiger partial charge < -0.3 is 9.88 Å². The highest BCUT2D eigenvalue weighted by Gasteiger charge is 2.49. The van der Waals surface area contributed by atoms with Gasteiger partial charge in [0, 0.05) is 23.6 Å². The van der Waals surface area contributed by atoms with Crippen molar-refractivity contribution in [2.75, 3.05) is 5.32 Å². The van der Waals surface area contributed by atoms with E-state index in [0.717, 1.165) is 16.8 Å². The fraction of sp³-hybridized carbons (Fsp3) is 0.0556. The Balaban J connectivity index is 2.09. The van der Waals surface area contributed by atoms with Crippen LogP contribution in [0.4, 0.5) is 5.69 Å². The maximum atomic E-state index is 12.9. The first-order valence-corrected chi connectivity index (χ1v) is 6.93. The van der Waals surface area contributed by atoms with Gasteiger partial charge in [0.1, 0.15) is 0 Å². The number of para-hydroxylation sites is 1. The predicted octanol–water partition coefficient (Wildman–Crippen LogP) is 3.23. The van der Waals surface area contributed by atoms with Crippen molar-refractivity contribution in [2.45, 2.75) is 5.54 Å². The third kappa shape index (κ3) is 1.51. The number of carbonyl (C=O) groups is 1. The number of hydrogen-bond acceptors (Lipinski definition) is 1. The number of aromatic nitrogens is 1. The zero-order valence-corrected chi connectivity index (χ0v) is 11.4. The van der Waals surface area contributed by atoms with Crippen molar-refractivity contribution in [3.05, 3.63) is 90.3 Å². The minimum Gasteiger partial charge on any atom is -0.332 e. The van der Waals surface area contributed by atoms with Crippen LogP contribution < -0.4 is 5.32 Å². The van der Waals surface area contributed by atoms with E-state index in [0.29, 0.717) is 0 Å². The summed E-state index contributed by atoms with van der Waals surface area (Å²) in [5, 5.41) is 3.02. The Kier molecular flexibility index (Phi) is 2.48. The number of fused-ring (bicyclic) bond motifs is 1. The molecule has 4 rings (SSSR count). The topological polar surface area (TPSA) is 34.0 Å². The van der Waals surface area contributed by atoms with Crippen LogP contribution in [0.25, 0.3) is 0 Å². The normalized spacial score (nSPS) is 20.1. The molecule has 2 aromatic carbocycles. The molecule has 0 aliphatic carbocycles. The van der Waals surface area contributed by atoms with Gasteiger partial charge in [-0.3, -0.25) is 4.79 Å². The summed E-state index contributed by atoms with van der Waals surface area (Å²) in [6.07, 6.45) is 3.88. The average Bonchev–Trinajstić information content (AvgIpc) is 3.14. The molecule has 0 saturated carbocycles. The van der Waals surface area contributed by atoms with Crippen molar-refractivity contribution in [3.8, 4) is 0 Å². The molecule has 1 aromatic heterocycles. The van der Waals surface area contributed by atoms with E-state index in [2.05, 4.69) is 5.32 Å². The number of benzene rings is 2. The molecular weight excluding hydrogens is 260 g/mol. The summed E-state index contributed by atoms with van der Waals surface area (Å²) in [4.78, 5) is 12.9. The van der Waals surface area contributed by atoms with Gasteiger partial charge in [-0.1, -0.05) is 48.5 Å². The van der Waals surface area contributed by atoms with Crippen LogP contribution in [-0.4, -0.2) is 10.5 Å². The summed E-state index contributed by atoms with van der Waals surface area (Å²) in [5.41, 5.74) is 1.99. The highest BCUT2D eigenvalue weighted by Crippen LogP contribution is 2.43. The van der Waals surface area contributed by atoms with Gasteiger partial charge in [-0.2, -0.15) is 0 Å². The Morgan fingerprint density at radius 3 is 2.24 bits per heavy atom. The summed E-state index contributed by atoms with van der Waals surface area (Å²) < 4.78 is 1.98. The SMILES string of the molecule is O=C1Nc2ccccc2[C@]1(c1ccccc1)n1cccc1. The maximum absolute atomic E-state index is 12.9. The molecule has 3 heteroatoms. The van der Waals surface area contributed by atoms with Crippen LogP contribution in [0.15, 0.2) is 79.1 Å². The van der Waals surface area contributed by atoms with Crippen molar-refractivity contribution >= 4 is 11.6 Å². The molecule has 0 fully saturated rings. The van der Waals surface area contributed by atoms with Gasteiger partial charge in [0.05, 0.1) is 0 Å². The van der Waals surface area contributed by atoms with Crippen LogP contribution in [0, 0.1) is 0 Å². The van der Waals surface area contributed by atoms with Gasteiger partial charge in [-0.25, -0.2) is 0 Å². The van der Waals surface area contributed by atoms with Crippen molar-refractivity contribution in [3.63, 3.8) is 0 Å². The van der Waals surface area contributed by atoms with Gasteiger partial charge >= 0.3 is 0 Å². The van der Waals surface area contributed by atoms with E-state index in [4.69, 9.17) is 0 Å². The molecule has 3 aromatic rings. The fourth-order valence-corrected chi connectivity index (χ4v) is 3.17. The third-order valence-electron chi connectivity index (χ3n) is 4.08. The molecule has 1 N–H and O–H groups in total. The lowest BCUT2D eigenvalue weighted by Gasteiger charge is -2.30. The first-order valence-electron chi connectivity index (χ1n) is 6.93. The number of nitrogens with one attached hydrogen (secondary N) is 1. The van der Waals surface area contributed by atoms with Crippen molar-refractivity contribution in [2.24, 2.45) is 0 Å². The predicted molar refractivity (Wildman–Crippen MR) is 82.1 cm³/mol. The highest BCUT2D eigenvalue weighted by atomic mass is 16.2. The molecule has 0 saturated heterocycles. The number of nitrogens with zero attached hydrogens (tertiary/aromatic N) is 1. The van der Waals surface area contributed by atoms with Gasteiger partial charge in [0.15, 0.2) is 5.54 Å². The molecule has 1 atom stereocenters. The number of hydrogen-bond donors (Lipinski definition) is 1. The molecule has 1 amide bonds. The Bertz CT molecular complexity index is 793. The molecule has 21 heavy (non-hydrogen) atoms. The quantitative estimate of drug-likeness (QED) is 0.765. The van der Waals surface area contributed by atoms with E-state index < -0.39 is 5.54 Å². The second kappa shape index (κ2) is 4.35. The maximum Gasteiger partial charge on any atom is 0.260 e. The van der Waals surface area contributed by atoms with Crippen LogP contribution in [0.2, 0.25) is 0 Å². The Morgan fingerprint density at radius 1 is 0.810 bits per heavy atom. The largest absolute Gasteiger partial charge is 0.332 e. The summed E-state index contributed by atoms with van der Waals surface area (Å²) in [6, 6.07) is 21.7. The van der Waals surface area contributed by atoms with Gasteiger partial charge in [0.2, 0.25) is 0 Å². The fourth-order valence-electron chi connectivity index (χ4n) is 3.17. The molecule has 0 radical (unpaired) electrons. The Morgan fingerprint density at radius 2 is 1.48 bits per heavy atom. The molecule has 0 spiro atoms. The monoisotopic (exact) mass is 274 g/mol. The van der Waals surface area contributed by atoms with Gasteiger partial charge in [-0.15, -0.1) is 0 Å². The van der Waals surface area contributed by atoms with E-state index in [9.17, 15) is 4.79 Å². The van der Waals surface area contributed by atoms with Crippen LogP contribution >= 0.6 is 0 Å². The second-order valence-electron chi connectivity index (χ2n) is 5.17. The van der Waals surface area contributed by atoms with Crippen LogP contribution in [-0.2, 0) is 10.3 Å². The highest BCUT2D eigenvalue weighted by molar-refractivity contribution is 6.08. The third-order valence-corrected chi connectivity index (χ3v) is 4.08. The standard InChI is InChI=1S/C18H14N2O/c21-17-18(20-12-6-7-13-20,14-8-2-1-3-9-14)15-10-4-5-11-16(15)19-17/h1-13H,(H,19,21)/t18-/m0/s1. The molecule has 1 aliphatic rings. The first-order chi connectivity index (χ1) is 10.3. The smallest absolute Gasteiger partial charge is 0.260 e. The zero-order valence-electron chi connectivity index (χ0n) is 11.4. The minimum atomic E-state index is -0.832. The number of rotatable bonds is 2. The van der Waals surface area contributed by atoms with Crippen molar-refractivity contribution in [1.29, 1.82) is 0 Å². The van der Waals surface area contributed by atoms with Crippen LogP contribution in [0.3, 0.4) is 0 Å². The minimum absolute atomic E-state index is 0.0221. The molecule has 2 heterocycles. The molecule has 1 aliphatic heterocycles. The van der Waals surface area contributed by atoms with E-state index in [-0.39, 0.29) is 5.91 Å². The summed E-state index contributed by atoms with van der Waals surface area (Å²) >= 11 is 0. The van der Waals surface area contributed by atoms with Crippen LogP contribution in [0.1, 0.15) is 11.1 Å². The summed E-state index contributed by atoms with van der Waals surface area (Å²) in [7, 11) is 0. The molecule has 102 valence electrons. The van der Waals surface area contributed by atoms with E-state index >= 15 is 0 Å². The number of anilines is 1. The summed E-state index contributed by atoms with van der Waals surface area (Å²) in [6.45, 7) is 0. The van der Waals surface area contributed by atoms with Gasteiger partial charge in [-0.05, 0) is 23.8 Å². The molecule has 0 bridgehead atoms. The van der Waals surface area contributed by atoms with E-state index in [1.54, 1.807) is 0 Å². The molecule has 0 unspecified atom stereocenters. The number of amides is 1. The lowest BCUT2D eigenvalue weighted by Crippen LogP contribution is -2.42. The van der Waals surface area contributed by atoms with E-state index in [1.807, 2.05) is 83.7 Å². The Hall–Kier alpha value is -2.81. The lowest BCUT2D eigenvalue weighted by molar-refractivity contribution is -0.120. The second-order valence-corrected chi connectivity index (χ2v) is 5.17. The first kappa shape index (κ1) is 12.0. The molecular formula is C18H14N2O. The zero-order chi connectivity index (χ0) is 14.3. The van der Waals surface area contributed by atoms with Crippen molar-refractivity contribution in [1.82, 2.24) is 4.57 Å². The Labute approximate surface area is 122 Å². The average molecular weight is 274 g/mol. The van der Waals surface area contributed by atoms with Crippen molar-refractivity contribution < 1.29 is 4.79 Å². The van der Waals surface area contributed by atoms with Crippen LogP contribution in [0.5, 0.6) is 0 Å². The molecule has 3 nitrogen and oxygen atoms in total. The van der Waals surface area contributed by atoms with Gasteiger partial charge in [0.25, 0.3) is 5.91 Å². The van der Waals surface area contributed by atoms with E-state index in [1.165, 1.54) is 0 Å². The summed E-state index contributed by atoms with van der Waals surface area (Å²) in [5.74, 6) is -0.0221. The lowest BCUT2D eigenvalue weighted by atomic mass is 9.83. The number of carbonyl (C=O) groups excluding carboxylic acids is 1.